The smallest absolute Gasteiger partial charge is 0.249 e. The summed E-state index contributed by atoms with van der Waals surface area (Å²) in [4.78, 5) is 24.8. The number of carbonyl (C=O) groups is 2. The van der Waals surface area contributed by atoms with Crippen LogP contribution in [0.5, 0.6) is 0 Å². The molecule has 4 nitrogen and oxygen atoms in total. The molecule has 0 aromatic heterocycles. The molecule has 0 unspecified atom stereocenters. The van der Waals surface area contributed by atoms with Crippen LogP contribution in [-0.4, -0.2) is 42.9 Å². The average molecular weight is 247 g/mol. The van der Waals surface area contributed by atoms with Crippen molar-refractivity contribution in [3.63, 3.8) is 0 Å². The van der Waals surface area contributed by atoms with Crippen LogP contribution < -0.4 is 0 Å². The highest BCUT2D eigenvalue weighted by atomic mass is 16.5. The van der Waals surface area contributed by atoms with Crippen LogP contribution in [0.15, 0.2) is 30.3 Å². The first kappa shape index (κ1) is 12.8. The summed E-state index contributed by atoms with van der Waals surface area (Å²) in [6.07, 6.45) is 1.22. The maximum atomic E-state index is 11.8. The van der Waals surface area contributed by atoms with E-state index in [1.54, 1.807) is 4.90 Å². The van der Waals surface area contributed by atoms with Gasteiger partial charge >= 0.3 is 0 Å². The molecule has 0 aliphatic carbocycles. The molecule has 1 heterocycles. The third-order valence-electron chi connectivity index (χ3n) is 2.99. The van der Waals surface area contributed by atoms with Crippen molar-refractivity contribution >= 4 is 11.7 Å². The van der Waals surface area contributed by atoms with Crippen molar-refractivity contribution in [2.24, 2.45) is 0 Å². The number of ketones is 1. The topological polar surface area (TPSA) is 46.6 Å². The Hall–Kier alpha value is -1.68. The van der Waals surface area contributed by atoms with Gasteiger partial charge in [0.15, 0.2) is 5.78 Å². The van der Waals surface area contributed by atoms with E-state index in [4.69, 9.17) is 4.74 Å². The Kier molecular flexibility index (Phi) is 4.47. The quantitative estimate of drug-likeness (QED) is 0.781. The number of hydrogen-bond donors (Lipinski definition) is 0. The molecule has 1 fully saturated rings. The largest absolute Gasteiger partial charge is 0.370 e. The van der Waals surface area contributed by atoms with Gasteiger partial charge in [-0.1, -0.05) is 30.3 Å². The Morgan fingerprint density at radius 2 is 2.06 bits per heavy atom. The van der Waals surface area contributed by atoms with Crippen molar-refractivity contribution in [3.05, 3.63) is 35.9 Å². The molecule has 1 aliphatic rings. The Balaban J connectivity index is 1.76. The molecule has 96 valence electrons. The van der Waals surface area contributed by atoms with Crippen LogP contribution in [0.3, 0.4) is 0 Å². The van der Waals surface area contributed by atoms with E-state index in [2.05, 4.69) is 0 Å². The standard InChI is InChI=1S/C14H17NO3/c16-13(7-6-12-4-2-1-3-5-12)10-15-8-9-18-11-14(15)17/h1-5H,6-11H2. The molecule has 1 aromatic carbocycles. The molecule has 0 atom stereocenters. The molecular formula is C14H17NO3. The van der Waals surface area contributed by atoms with Gasteiger partial charge in [-0.2, -0.15) is 0 Å². The number of benzene rings is 1. The van der Waals surface area contributed by atoms with Crippen LogP contribution in [0.2, 0.25) is 0 Å². The minimum absolute atomic E-state index is 0.0886. The number of rotatable bonds is 5. The normalized spacial score (nSPS) is 15.8. The second-order valence-electron chi connectivity index (χ2n) is 4.39. The maximum Gasteiger partial charge on any atom is 0.249 e. The van der Waals surface area contributed by atoms with Crippen LogP contribution >= 0.6 is 0 Å². The highest BCUT2D eigenvalue weighted by Crippen LogP contribution is 2.05. The fourth-order valence-corrected chi connectivity index (χ4v) is 1.94. The van der Waals surface area contributed by atoms with E-state index in [1.807, 2.05) is 30.3 Å². The number of Topliss-reactive ketones (excluding diaryl/α,β-unsaturated/α-hetero) is 1. The zero-order valence-electron chi connectivity index (χ0n) is 10.3. The molecule has 1 aliphatic heterocycles. The molecule has 2 rings (SSSR count). The third-order valence-corrected chi connectivity index (χ3v) is 2.99. The number of nitrogens with zero attached hydrogens (tertiary/aromatic N) is 1. The fourth-order valence-electron chi connectivity index (χ4n) is 1.94. The van der Waals surface area contributed by atoms with Crippen molar-refractivity contribution in [2.45, 2.75) is 12.8 Å². The number of aryl methyl sites for hydroxylation is 1. The lowest BCUT2D eigenvalue weighted by atomic mass is 10.1. The Bertz CT molecular complexity index is 416. The predicted molar refractivity (Wildman–Crippen MR) is 67.2 cm³/mol. The summed E-state index contributed by atoms with van der Waals surface area (Å²) in [5, 5.41) is 0. The zero-order valence-corrected chi connectivity index (χ0v) is 10.3. The molecule has 4 heteroatoms. The molecule has 0 N–H and O–H groups in total. The third kappa shape index (κ3) is 3.67. The van der Waals surface area contributed by atoms with E-state index in [9.17, 15) is 9.59 Å². The second kappa shape index (κ2) is 6.31. The van der Waals surface area contributed by atoms with Crippen LogP contribution in [0.25, 0.3) is 0 Å². The summed E-state index contributed by atoms with van der Waals surface area (Å²) in [6.45, 7) is 1.37. The number of amides is 1. The van der Waals surface area contributed by atoms with Crippen molar-refractivity contribution in [1.82, 2.24) is 4.90 Å². The minimum Gasteiger partial charge on any atom is -0.370 e. The first-order chi connectivity index (χ1) is 8.75. The van der Waals surface area contributed by atoms with E-state index < -0.39 is 0 Å². The van der Waals surface area contributed by atoms with Crippen LogP contribution in [-0.2, 0) is 20.7 Å². The highest BCUT2D eigenvalue weighted by Gasteiger charge is 2.20. The molecule has 0 saturated carbocycles. The van der Waals surface area contributed by atoms with Crippen LogP contribution in [0.4, 0.5) is 0 Å². The van der Waals surface area contributed by atoms with Gasteiger partial charge in [0, 0.05) is 13.0 Å². The first-order valence-electron chi connectivity index (χ1n) is 6.17. The van der Waals surface area contributed by atoms with Gasteiger partial charge in [0.2, 0.25) is 5.91 Å². The lowest BCUT2D eigenvalue weighted by Crippen LogP contribution is -2.44. The van der Waals surface area contributed by atoms with E-state index in [0.717, 1.165) is 12.0 Å². The Morgan fingerprint density at radius 1 is 1.28 bits per heavy atom. The molecule has 0 radical (unpaired) electrons. The fraction of sp³-hybridized carbons (Fsp3) is 0.429. The Labute approximate surface area is 107 Å². The van der Waals surface area contributed by atoms with Gasteiger partial charge in [0.05, 0.1) is 13.2 Å². The van der Waals surface area contributed by atoms with Crippen LogP contribution in [0.1, 0.15) is 12.0 Å². The van der Waals surface area contributed by atoms with E-state index in [-0.39, 0.29) is 24.8 Å². The van der Waals surface area contributed by atoms with Gasteiger partial charge in [-0.3, -0.25) is 9.59 Å². The van der Waals surface area contributed by atoms with E-state index in [1.165, 1.54) is 0 Å². The minimum atomic E-state index is -0.0886. The van der Waals surface area contributed by atoms with Crippen molar-refractivity contribution < 1.29 is 14.3 Å². The summed E-state index contributed by atoms with van der Waals surface area (Å²) < 4.78 is 5.02. The summed E-state index contributed by atoms with van der Waals surface area (Å²) in [7, 11) is 0. The average Bonchev–Trinajstić information content (AvgIpc) is 2.40. The van der Waals surface area contributed by atoms with Crippen molar-refractivity contribution in [1.29, 1.82) is 0 Å². The number of hydrogen-bond acceptors (Lipinski definition) is 3. The maximum absolute atomic E-state index is 11.8. The van der Waals surface area contributed by atoms with Crippen molar-refractivity contribution in [2.75, 3.05) is 26.3 Å². The zero-order chi connectivity index (χ0) is 12.8. The van der Waals surface area contributed by atoms with Gasteiger partial charge in [-0.15, -0.1) is 0 Å². The summed E-state index contributed by atoms with van der Waals surface area (Å²) in [6, 6.07) is 9.90. The summed E-state index contributed by atoms with van der Waals surface area (Å²) in [5.41, 5.74) is 1.15. The number of morpholine rings is 1. The number of ether oxygens (including phenoxy) is 1. The van der Waals surface area contributed by atoms with Gasteiger partial charge in [0.1, 0.15) is 6.61 Å². The SMILES string of the molecule is O=C(CCc1ccccc1)CN1CCOCC1=O. The monoisotopic (exact) mass is 247 g/mol. The molecule has 1 aromatic rings. The summed E-state index contributed by atoms with van der Waals surface area (Å²) in [5.74, 6) is 0.0171. The molecular weight excluding hydrogens is 230 g/mol. The van der Waals surface area contributed by atoms with Crippen LogP contribution in [0, 0.1) is 0 Å². The lowest BCUT2D eigenvalue weighted by Gasteiger charge is -2.25. The molecule has 1 amide bonds. The van der Waals surface area contributed by atoms with Gasteiger partial charge < -0.3 is 9.64 Å². The summed E-state index contributed by atoms with van der Waals surface area (Å²) >= 11 is 0. The molecule has 0 bridgehead atoms. The highest BCUT2D eigenvalue weighted by molar-refractivity contribution is 5.86. The molecule has 0 spiro atoms. The Morgan fingerprint density at radius 3 is 2.78 bits per heavy atom. The number of carbonyl (C=O) groups excluding carboxylic acids is 2. The lowest BCUT2D eigenvalue weighted by molar-refractivity contribution is -0.145. The van der Waals surface area contributed by atoms with E-state index in [0.29, 0.717) is 19.6 Å². The second-order valence-corrected chi connectivity index (χ2v) is 4.39. The van der Waals surface area contributed by atoms with E-state index >= 15 is 0 Å². The van der Waals surface area contributed by atoms with Gasteiger partial charge in [-0.05, 0) is 12.0 Å². The first-order valence-corrected chi connectivity index (χ1v) is 6.17. The van der Waals surface area contributed by atoms with Gasteiger partial charge in [0.25, 0.3) is 0 Å². The van der Waals surface area contributed by atoms with Crippen molar-refractivity contribution in [3.8, 4) is 0 Å². The molecule has 1 saturated heterocycles. The van der Waals surface area contributed by atoms with Gasteiger partial charge in [-0.25, -0.2) is 0 Å². The molecule has 18 heavy (non-hydrogen) atoms. The predicted octanol–water partition coefficient (Wildman–Crippen LogP) is 1.05.